The molecule has 0 atom stereocenters. The summed E-state index contributed by atoms with van der Waals surface area (Å²) in [6.45, 7) is 0. The van der Waals surface area contributed by atoms with Crippen LogP contribution in [-0.4, -0.2) is 28.9 Å². The quantitative estimate of drug-likeness (QED) is 0.791. The standard InChI is InChI=1S/C11H15N3O/c1-14(8-4-2-5-8)11(15)9-6-3-7-10(12)13-9/h3,6-8H,2,4-5H2,1H3,(H2,12,13). The van der Waals surface area contributed by atoms with Gasteiger partial charge < -0.3 is 10.6 Å². The molecule has 1 heterocycles. The van der Waals surface area contributed by atoms with E-state index in [1.54, 1.807) is 23.1 Å². The van der Waals surface area contributed by atoms with E-state index in [1.165, 1.54) is 6.42 Å². The zero-order valence-corrected chi connectivity index (χ0v) is 8.81. The molecule has 2 rings (SSSR count). The van der Waals surface area contributed by atoms with Crippen LogP contribution in [-0.2, 0) is 0 Å². The zero-order chi connectivity index (χ0) is 10.8. The molecule has 1 aliphatic carbocycles. The highest BCUT2D eigenvalue weighted by molar-refractivity contribution is 5.92. The maximum absolute atomic E-state index is 11.9. The lowest BCUT2D eigenvalue weighted by molar-refractivity contribution is 0.0646. The van der Waals surface area contributed by atoms with Crippen LogP contribution in [0, 0.1) is 0 Å². The van der Waals surface area contributed by atoms with Gasteiger partial charge in [-0.3, -0.25) is 4.79 Å². The van der Waals surface area contributed by atoms with Crippen LogP contribution in [0.3, 0.4) is 0 Å². The van der Waals surface area contributed by atoms with Gasteiger partial charge in [-0.2, -0.15) is 0 Å². The van der Waals surface area contributed by atoms with Crippen LogP contribution in [0.25, 0.3) is 0 Å². The number of nitrogens with two attached hydrogens (primary N) is 1. The van der Waals surface area contributed by atoms with Crippen LogP contribution < -0.4 is 5.73 Å². The summed E-state index contributed by atoms with van der Waals surface area (Å²) in [5.41, 5.74) is 5.97. The molecule has 0 bridgehead atoms. The summed E-state index contributed by atoms with van der Waals surface area (Å²) in [4.78, 5) is 17.7. The Bertz CT molecular complexity index is 374. The number of hydrogen-bond donors (Lipinski definition) is 1. The van der Waals surface area contributed by atoms with Gasteiger partial charge in [-0.1, -0.05) is 6.07 Å². The number of nitrogen functional groups attached to an aromatic ring is 1. The molecule has 0 aliphatic heterocycles. The molecular formula is C11H15N3O. The van der Waals surface area contributed by atoms with Crippen LogP contribution in [0.1, 0.15) is 29.8 Å². The van der Waals surface area contributed by atoms with Gasteiger partial charge in [0.2, 0.25) is 0 Å². The van der Waals surface area contributed by atoms with Crippen LogP contribution in [0.5, 0.6) is 0 Å². The first-order valence-corrected chi connectivity index (χ1v) is 5.18. The molecule has 1 amide bonds. The molecule has 1 aromatic heterocycles. The lowest BCUT2D eigenvalue weighted by Gasteiger charge is -2.34. The average Bonchev–Trinajstić information content (AvgIpc) is 2.14. The molecule has 2 N–H and O–H groups in total. The third-order valence-corrected chi connectivity index (χ3v) is 2.93. The molecule has 1 aliphatic rings. The minimum atomic E-state index is -0.0352. The molecule has 0 spiro atoms. The largest absolute Gasteiger partial charge is 0.384 e. The number of nitrogens with zero attached hydrogens (tertiary/aromatic N) is 2. The number of amides is 1. The van der Waals surface area contributed by atoms with Crippen molar-refractivity contribution >= 4 is 11.7 Å². The van der Waals surface area contributed by atoms with Gasteiger partial charge in [-0.15, -0.1) is 0 Å². The van der Waals surface area contributed by atoms with Crippen molar-refractivity contribution < 1.29 is 4.79 Å². The normalized spacial score (nSPS) is 15.8. The highest BCUT2D eigenvalue weighted by Gasteiger charge is 2.26. The second-order valence-electron chi connectivity index (χ2n) is 3.95. The Kier molecular flexibility index (Phi) is 2.58. The maximum Gasteiger partial charge on any atom is 0.272 e. The lowest BCUT2D eigenvalue weighted by Crippen LogP contribution is -2.41. The molecule has 4 heteroatoms. The molecule has 0 radical (unpaired) electrons. The van der Waals surface area contributed by atoms with Crippen molar-refractivity contribution in [2.45, 2.75) is 25.3 Å². The van der Waals surface area contributed by atoms with Gasteiger partial charge in [0, 0.05) is 13.1 Å². The first-order valence-electron chi connectivity index (χ1n) is 5.18. The summed E-state index contributed by atoms with van der Waals surface area (Å²) in [5.74, 6) is 0.356. The van der Waals surface area contributed by atoms with Crippen molar-refractivity contribution in [1.29, 1.82) is 0 Å². The van der Waals surface area contributed by atoms with E-state index in [1.807, 2.05) is 7.05 Å². The highest BCUT2D eigenvalue weighted by atomic mass is 16.2. The second kappa shape index (κ2) is 3.88. The number of hydrogen-bond acceptors (Lipinski definition) is 3. The SMILES string of the molecule is CN(C(=O)c1cccc(N)n1)C1CCC1. The molecule has 1 aromatic rings. The van der Waals surface area contributed by atoms with Gasteiger partial charge in [0.05, 0.1) is 0 Å². The van der Waals surface area contributed by atoms with Gasteiger partial charge in [-0.25, -0.2) is 4.98 Å². The number of anilines is 1. The van der Waals surface area contributed by atoms with Gasteiger partial charge in [0.15, 0.2) is 0 Å². The third kappa shape index (κ3) is 1.93. The maximum atomic E-state index is 11.9. The smallest absolute Gasteiger partial charge is 0.272 e. The van der Waals surface area contributed by atoms with Crippen molar-refractivity contribution in [3.63, 3.8) is 0 Å². The van der Waals surface area contributed by atoms with E-state index in [4.69, 9.17) is 5.73 Å². The molecule has 0 aromatic carbocycles. The Labute approximate surface area is 89.1 Å². The highest BCUT2D eigenvalue weighted by Crippen LogP contribution is 2.24. The summed E-state index contributed by atoms with van der Waals surface area (Å²) in [6.07, 6.45) is 3.42. The van der Waals surface area contributed by atoms with E-state index >= 15 is 0 Å². The monoisotopic (exact) mass is 205 g/mol. The first kappa shape index (κ1) is 9.96. The summed E-state index contributed by atoms with van der Waals surface area (Å²) in [6, 6.07) is 5.53. The Balaban J connectivity index is 2.12. The Hall–Kier alpha value is -1.58. The number of aromatic nitrogens is 1. The van der Waals surface area contributed by atoms with E-state index in [0.29, 0.717) is 17.6 Å². The fourth-order valence-corrected chi connectivity index (χ4v) is 1.69. The van der Waals surface area contributed by atoms with E-state index in [2.05, 4.69) is 4.98 Å². The van der Waals surface area contributed by atoms with Crippen LogP contribution >= 0.6 is 0 Å². The van der Waals surface area contributed by atoms with E-state index in [9.17, 15) is 4.79 Å². The summed E-state index contributed by atoms with van der Waals surface area (Å²) >= 11 is 0. The Morgan fingerprint density at radius 1 is 1.53 bits per heavy atom. The fourth-order valence-electron chi connectivity index (χ4n) is 1.69. The molecule has 0 unspecified atom stereocenters. The van der Waals surface area contributed by atoms with Crippen molar-refractivity contribution in [2.24, 2.45) is 0 Å². The molecular weight excluding hydrogens is 190 g/mol. The summed E-state index contributed by atoms with van der Waals surface area (Å²) < 4.78 is 0. The Morgan fingerprint density at radius 3 is 2.80 bits per heavy atom. The van der Waals surface area contributed by atoms with Crippen molar-refractivity contribution in [3.8, 4) is 0 Å². The summed E-state index contributed by atoms with van der Waals surface area (Å²) in [7, 11) is 1.83. The molecule has 1 fully saturated rings. The molecule has 0 saturated heterocycles. The molecule has 1 saturated carbocycles. The predicted molar refractivity (Wildman–Crippen MR) is 58.4 cm³/mol. The van der Waals surface area contributed by atoms with Crippen molar-refractivity contribution in [2.75, 3.05) is 12.8 Å². The van der Waals surface area contributed by atoms with E-state index < -0.39 is 0 Å². The molecule has 15 heavy (non-hydrogen) atoms. The van der Waals surface area contributed by atoms with Gasteiger partial charge in [-0.05, 0) is 31.4 Å². The first-order chi connectivity index (χ1) is 7.18. The van der Waals surface area contributed by atoms with Crippen molar-refractivity contribution in [3.05, 3.63) is 23.9 Å². The van der Waals surface area contributed by atoms with Gasteiger partial charge in [0.25, 0.3) is 5.91 Å². The minimum Gasteiger partial charge on any atom is -0.384 e. The fraction of sp³-hybridized carbons (Fsp3) is 0.455. The van der Waals surface area contributed by atoms with Gasteiger partial charge >= 0.3 is 0 Å². The number of rotatable bonds is 2. The minimum absolute atomic E-state index is 0.0352. The van der Waals surface area contributed by atoms with Crippen LogP contribution in [0.15, 0.2) is 18.2 Å². The third-order valence-electron chi connectivity index (χ3n) is 2.93. The second-order valence-corrected chi connectivity index (χ2v) is 3.95. The van der Waals surface area contributed by atoms with Gasteiger partial charge in [0.1, 0.15) is 11.5 Å². The number of carbonyl (C=O) groups is 1. The van der Waals surface area contributed by atoms with Crippen LogP contribution in [0.4, 0.5) is 5.82 Å². The topological polar surface area (TPSA) is 59.2 Å². The van der Waals surface area contributed by atoms with Crippen LogP contribution in [0.2, 0.25) is 0 Å². The number of pyridine rings is 1. The van der Waals surface area contributed by atoms with E-state index in [0.717, 1.165) is 12.8 Å². The molecule has 4 nitrogen and oxygen atoms in total. The van der Waals surface area contributed by atoms with E-state index in [-0.39, 0.29) is 5.91 Å². The molecule has 80 valence electrons. The lowest BCUT2D eigenvalue weighted by atomic mass is 9.92. The summed E-state index contributed by atoms with van der Waals surface area (Å²) in [5, 5.41) is 0. The predicted octanol–water partition coefficient (Wildman–Crippen LogP) is 1.29. The Morgan fingerprint density at radius 2 is 2.27 bits per heavy atom. The average molecular weight is 205 g/mol. The number of carbonyl (C=O) groups excluding carboxylic acids is 1. The van der Waals surface area contributed by atoms with Crippen molar-refractivity contribution in [1.82, 2.24) is 9.88 Å². The zero-order valence-electron chi connectivity index (χ0n) is 8.81.